The van der Waals surface area contributed by atoms with Crippen molar-refractivity contribution in [1.82, 2.24) is 15.1 Å². The number of H-pyrrole nitrogens is 1. The number of hydrogen-bond acceptors (Lipinski definition) is 3. The Morgan fingerprint density at radius 1 is 1.41 bits per heavy atom. The van der Waals surface area contributed by atoms with E-state index in [-0.39, 0.29) is 18.0 Å². The van der Waals surface area contributed by atoms with Crippen LogP contribution >= 0.6 is 0 Å². The van der Waals surface area contributed by atoms with E-state index in [4.69, 9.17) is 5.73 Å². The molecule has 0 spiro atoms. The third-order valence-electron chi connectivity index (χ3n) is 3.63. The Morgan fingerprint density at radius 3 is 2.47 bits per heavy atom. The SMILES string of the molecule is Cc1[nH]nc(C(=O)N2[C@H](C)CCC[C@@H]2C)c1N. The Hall–Kier alpha value is -1.52. The van der Waals surface area contributed by atoms with Crippen molar-refractivity contribution >= 4 is 11.6 Å². The largest absolute Gasteiger partial charge is 0.395 e. The summed E-state index contributed by atoms with van der Waals surface area (Å²) in [5.74, 6) is -0.0495. The van der Waals surface area contributed by atoms with Crippen molar-refractivity contribution in [2.24, 2.45) is 0 Å². The molecule has 0 radical (unpaired) electrons. The summed E-state index contributed by atoms with van der Waals surface area (Å²) < 4.78 is 0. The lowest BCUT2D eigenvalue weighted by atomic mass is 9.97. The van der Waals surface area contributed by atoms with E-state index in [2.05, 4.69) is 24.0 Å². The Balaban J connectivity index is 2.27. The van der Waals surface area contributed by atoms with Gasteiger partial charge in [-0.3, -0.25) is 9.89 Å². The van der Waals surface area contributed by atoms with Crippen molar-refractivity contribution < 1.29 is 4.79 Å². The van der Waals surface area contributed by atoms with Gasteiger partial charge in [-0.25, -0.2) is 0 Å². The number of carbonyl (C=O) groups excluding carboxylic acids is 1. The average molecular weight is 236 g/mol. The summed E-state index contributed by atoms with van der Waals surface area (Å²) in [7, 11) is 0. The minimum absolute atomic E-state index is 0.0495. The van der Waals surface area contributed by atoms with Gasteiger partial charge in [0.1, 0.15) is 0 Å². The number of aromatic amines is 1. The van der Waals surface area contributed by atoms with E-state index < -0.39 is 0 Å². The van der Waals surface area contributed by atoms with Crippen molar-refractivity contribution in [3.05, 3.63) is 11.4 Å². The topological polar surface area (TPSA) is 75.0 Å². The Labute approximate surface area is 101 Å². The van der Waals surface area contributed by atoms with Crippen LogP contribution in [-0.2, 0) is 0 Å². The summed E-state index contributed by atoms with van der Waals surface area (Å²) in [6, 6.07) is 0.533. The molecule has 0 unspecified atom stereocenters. The predicted octanol–water partition coefficient (Wildman–Crippen LogP) is 1.70. The summed E-state index contributed by atoms with van der Waals surface area (Å²) in [5, 5.41) is 6.78. The highest BCUT2D eigenvalue weighted by Crippen LogP contribution is 2.26. The van der Waals surface area contributed by atoms with Gasteiger partial charge in [-0.1, -0.05) is 0 Å². The van der Waals surface area contributed by atoms with Crippen LogP contribution in [0.5, 0.6) is 0 Å². The summed E-state index contributed by atoms with van der Waals surface area (Å²) in [5.41, 5.74) is 7.45. The second-order valence-electron chi connectivity index (χ2n) is 4.95. The van der Waals surface area contributed by atoms with Gasteiger partial charge in [0.05, 0.1) is 11.4 Å². The van der Waals surface area contributed by atoms with E-state index in [9.17, 15) is 4.79 Å². The number of nitrogens with one attached hydrogen (secondary N) is 1. The van der Waals surface area contributed by atoms with E-state index in [1.807, 2.05) is 11.8 Å². The molecule has 0 bridgehead atoms. The Kier molecular flexibility index (Phi) is 3.09. The Morgan fingerprint density at radius 2 is 2.00 bits per heavy atom. The molecule has 1 amide bonds. The highest BCUT2D eigenvalue weighted by molar-refractivity contribution is 5.98. The van der Waals surface area contributed by atoms with Crippen molar-refractivity contribution in [2.75, 3.05) is 5.73 Å². The number of nitrogens with two attached hydrogens (primary N) is 1. The van der Waals surface area contributed by atoms with Crippen LogP contribution in [0.1, 0.15) is 49.3 Å². The average Bonchev–Trinajstić information content (AvgIpc) is 2.59. The second kappa shape index (κ2) is 4.39. The molecule has 0 aliphatic carbocycles. The van der Waals surface area contributed by atoms with Gasteiger partial charge in [-0.15, -0.1) is 0 Å². The number of carbonyl (C=O) groups is 1. The van der Waals surface area contributed by atoms with Gasteiger partial charge in [-0.05, 0) is 40.0 Å². The van der Waals surface area contributed by atoms with Crippen molar-refractivity contribution in [3.63, 3.8) is 0 Å². The summed E-state index contributed by atoms with van der Waals surface area (Å²) >= 11 is 0. The van der Waals surface area contributed by atoms with Crippen LogP contribution < -0.4 is 5.73 Å². The molecular weight excluding hydrogens is 216 g/mol. The van der Waals surface area contributed by atoms with Gasteiger partial charge in [0.15, 0.2) is 5.69 Å². The molecular formula is C12H20N4O. The quantitative estimate of drug-likeness (QED) is 0.779. The number of nitrogens with zero attached hydrogens (tertiary/aromatic N) is 2. The zero-order valence-corrected chi connectivity index (χ0v) is 10.7. The van der Waals surface area contributed by atoms with Gasteiger partial charge in [0.2, 0.25) is 0 Å². The molecule has 5 nitrogen and oxygen atoms in total. The van der Waals surface area contributed by atoms with Gasteiger partial charge >= 0.3 is 0 Å². The number of anilines is 1. The first kappa shape index (κ1) is 12.0. The number of aryl methyl sites for hydroxylation is 1. The molecule has 2 rings (SSSR count). The maximum atomic E-state index is 12.4. The molecule has 0 aromatic carbocycles. The van der Waals surface area contributed by atoms with Crippen molar-refractivity contribution in [3.8, 4) is 0 Å². The lowest BCUT2D eigenvalue weighted by molar-refractivity contribution is 0.0505. The standard InChI is InChI=1S/C12H20N4O/c1-7-5-4-6-8(2)16(7)12(17)11-10(13)9(3)14-15-11/h7-8H,4-6,13H2,1-3H3,(H,14,15)/t7-,8+. The molecule has 2 atom stereocenters. The minimum atomic E-state index is -0.0495. The van der Waals surface area contributed by atoms with Crippen LogP contribution in [0.3, 0.4) is 0 Å². The van der Waals surface area contributed by atoms with E-state index in [0.29, 0.717) is 11.4 Å². The maximum Gasteiger partial charge on any atom is 0.276 e. The summed E-state index contributed by atoms with van der Waals surface area (Å²) in [6.45, 7) is 5.99. The summed E-state index contributed by atoms with van der Waals surface area (Å²) in [4.78, 5) is 14.3. The molecule has 2 heterocycles. The van der Waals surface area contributed by atoms with Gasteiger partial charge < -0.3 is 10.6 Å². The molecule has 1 aliphatic rings. The highest BCUT2D eigenvalue weighted by Gasteiger charge is 2.32. The van der Waals surface area contributed by atoms with Crippen LogP contribution in [0.15, 0.2) is 0 Å². The number of amides is 1. The first-order valence-corrected chi connectivity index (χ1v) is 6.15. The second-order valence-corrected chi connectivity index (χ2v) is 4.95. The lowest BCUT2D eigenvalue weighted by Gasteiger charge is -2.38. The van der Waals surface area contributed by atoms with Crippen LogP contribution in [-0.4, -0.2) is 33.1 Å². The number of aromatic nitrogens is 2. The molecule has 1 aromatic heterocycles. The molecule has 94 valence electrons. The molecule has 1 aliphatic heterocycles. The first-order chi connectivity index (χ1) is 8.02. The number of piperidine rings is 1. The smallest absolute Gasteiger partial charge is 0.276 e. The first-order valence-electron chi connectivity index (χ1n) is 6.15. The molecule has 1 aromatic rings. The van der Waals surface area contributed by atoms with Crippen LogP contribution in [0.2, 0.25) is 0 Å². The van der Waals surface area contributed by atoms with Gasteiger partial charge in [-0.2, -0.15) is 5.10 Å². The van der Waals surface area contributed by atoms with Crippen LogP contribution in [0.25, 0.3) is 0 Å². The van der Waals surface area contributed by atoms with E-state index in [1.54, 1.807) is 0 Å². The minimum Gasteiger partial charge on any atom is -0.395 e. The zero-order chi connectivity index (χ0) is 12.6. The fraction of sp³-hybridized carbons (Fsp3) is 0.667. The molecule has 5 heteroatoms. The van der Waals surface area contributed by atoms with Crippen LogP contribution in [0.4, 0.5) is 5.69 Å². The molecule has 1 saturated heterocycles. The number of rotatable bonds is 1. The molecule has 3 N–H and O–H groups in total. The van der Waals surface area contributed by atoms with Crippen molar-refractivity contribution in [1.29, 1.82) is 0 Å². The van der Waals surface area contributed by atoms with E-state index in [0.717, 1.165) is 18.5 Å². The van der Waals surface area contributed by atoms with Gasteiger partial charge in [0, 0.05) is 12.1 Å². The zero-order valence-electron chi connectivity index (χ0n) is 10.7. The molecule has 1 fully saturated rings. The molecule has 17 heavy (non-hydrogen) atoms. The van der Waals surface area contributed by atoms with E-state index in [1.165, 1.54) is 6.42 Å². The summed E-state index contributed by atoms with van der Waals surface area (Å²) in [6.07, 6.45) is 3.29. The third kappa shape index (κ3) is 2.01. The highest BCUT2D eigenvalue weighted by atomic mass is 16.2. The number of hydrogen-bond donors (Lipinski definition) is 2. The van der Waals surface area contributed by atoms with Crippen LogP contribution in [0, 0.1) is 6.92 Å². The normalized spacial score (nSPS) is 25.0. The van der Waals surface area contributed by atoms with Crippen molar-refractivity contribution in [2.45, 2.75) is 52.1 Å². The Bertz CT molecular complexity index is 416. The van der Waals surface area contributed by atoms with E-state index >= 15 is 0 Å². The lowest BCUT2D eigenvalue weighted by Crippen LogP contribution is -2.47. The third-order valence-corrected chi connectivity index (χ3v) is 3.63. The fourth-order valence-electron chi connectivity index (χ4n) is 2.54. The number of likely N-dealkylation sites (tertiary alicyclic amines) is 1. The number of nitrogen functional groups attached to an aromatic ring is 1. The van der Waals surface area contributed by atoms with Gasteiger partial charge in [0.25, 0.3) is 5.91 Å². The maximum absolute atomic E-state index is 12.4. The molecule has 0 saturated carbocycles. The monoisotopic (exact) mass is 236 g/mol. The predicted molar refractivity (Wildman–Crippen MR) is 66.7 cm³/mol. The fourth-order valence-corrected chi connectivity index (χ4v) is 2.54.